The van der Waals surface area contributed by atoms with Gasteiger partial charge in [0.25, 0.3) is 0 Å². The molecule has 1 aliphatic heterocycles. The van der Waals surface area contributed by atoms with Crippen LogP contribution in [0.2, 0.25) is 0 Å². The van der Waals surface area contributed by atoms with Crippen LogP contribution in [0.15, 0.2) is 4.99 Å². The Balaban J connectivity index is 0.00000192. The van der Waals surface area contributed by atoms with Gasteiger partial charge in [-0.15, -0.1) is 34.2 Å². The van der Waals surface area contributed by atoms with Crippen LogP contribution in [0.25, 0.3) is 0 Å². The third-order valence-corrected chi connectivity index (χ3v) is 5.37. The van der Waals surface area contributed by atoms with E-state index in [1.54, 1.807) is 0 Å². The van der Waals surface area contributed by atoms with E-state index in [1.807, 2.05) is 7.05 Å². The minimum Gasteiger partial charge on any atom is -0.356 e. The fraction of sp³-hybridized carbons (Fsp3) is 0.812. The van der Waals surface area contributed by atoms with Gasteiger partial charge in [0.1, 0.15) is 5.82 Å². The lowest BCUT2D eigenvalue weighted by Crippen LogP contribution is -2.42. The van der Waals surface area contributed by atoms with Gasteiger partial charge in [0.05, 0.1) is 6.54 Å². The number of nitrogens with one attached hydrogen (secondary N) is 2. The van der Waals surface area contributed by atoms with E-state index in [1.165, 1.54) is 38.5 Å². The highest BCUT2D eigenvalue weighted by Crippen LogP contribution is 2.40. The molecule has 1 saturated carbocycles. The molecule has 6 nitrogen and oxygen atoms in total. The van der Waals surface area contributed by atoms with E-state index in [-0.39, 0.29) is 24.0 Å². The monoisotopic (exact) mass is 432 g/mol. The van der Waals surface area contributed by atoms with E-state index in [0.717, 1.165) is 37.1 Å². The van der Waals surface area contributed by atoms with Gasteiger partial charge < -0.3 is 15.2 Å². The second-order valence-electron chi connectivity index (χ2n) is 6.63. The third-order valence-electron chi connectivity index (χ3n) is 5.37. The lowest BCUT2D eigenvalue weighted by molar-refractivity contribution is 0.283. The molecule has 0 unspecified atom stereocenters. The van der Waals surface area contributed by atoms with Gasteiger partial charge in [0.2, 0.25) is 0 Å². The molecular weight excluding hydrogens is 403 g/mol. The van der Waals surface area contributed by atoms with Crippen LogP contribution in [-0.2, 0) is 19.5 Å². The summed E-state index contributed by atoms with van der Waals surface area (Å²) in [5, 5.41) is 15.4. The first kappa shape index (κ1) is 18.5. The molecule has 7 heteroatoms. The van der Waals surface area contributed by atoms with Crippen LogP contribution in [-0.4, -0.2) is 34.3 Å². The number of hydrogen-bond donors (Lipinski definition) is 2. The maximum atomic E-state index is 4.34. The van der Waals surface area contributed by atoms with E-state index in [0.29, 0.717) is 12.0 Å². The first-order chi connectivity index (χ1) is 10.8. The Bertz CT molecular complexity index is 533. The molecule has 3 rings (SSSR count). The average molecular weight is 432 g/mol. The first-order valence-electron chi connectivity index (χ1n) is 8.62. The summed E-state index contributed by atoms with van der Waals surface area (Å²) >= 11 is 0. The third kappa shape index (κ3) is 4.16. The Morgan fingerprint density at radius 2 is 2.00 bits per heavy atom. The number of guanidine groups is 1. The molecule has 23 heavy (non-hydrogen) atoms. The molecule has 0 aromatic carbocycles. The van der Waals surface area contributed by atoms with Crippen LogP contribution in [0.4, 0.5) is 0 Å². The van der Waals surface area contributed by atoms with Crippen LogP contribution in [0.5, 0.6) is 0 Å². The number of hydrogen-bond acceptors (Lipinski definition) is 3. The number of rotatable bonds is 5. The molecule has 1 fully saturated rings. The molecule has 0 amide bonds. The molecule has 1 aliphatic carbocycles. The summed E-state index contributed by atoms with van der Waals surface area (Å²) in [5.41, 5.74) is 0.466. The molecule has 0 radical (unpaired) electrons. The molecule has 2 heterocycles. The molecule has 0 atom stereocenters. The van der Waals surface area contributed by atoms with Crippen molar-refractivity contribution < 1.29 is 0 Å². The normalized spacial score (nSPS) is 19.3. The number of aryl methyl sites for hydroxylation is 1. The van der Waals surface area contributed by atoms with Gasteiger partial charge in [-0.1, -0.05) is 19.8 Å². The van der Waals surface area contributed by atoms with Crippen LogP contribution in [0.1, 0.15) is 57.1 Å². The fourth-order valence-corrected chi connectivity index (χ4v) is 3.78. The highest BCUT2D eigenvalue weighted by Gasteiger charge is 2.31. The Morgan fingerprint density at radius 3 is 2.70 bits per heavy atom. The second-order valence-corrected chi connectivity index (χ2v) is 6.63. The molecule has 2 N–H and O–H groups in total. The van der Waals surface area contributed by atoms with E-state index < -0.39 is 0 Å². The SMILES string of the molecule is CCC1(CNC(=NC)NCc2nnc3n2CCC3)CCCC1.I. The lowest BCUT2D eigenvalue weighted by Gasteiger charge is -2.28. The van der Waals surface area contributed by atoms with Crippen LogP contribution in [0.3, 0.4) is 0 Å². The smallest absolute Gasteiger partial charge is 0.191 e. The summed E-state index contributed by atoms with van der Waals surface area (Å²) in [6.07, 6.45) is 8.90. The van der Waals surface area contributed by atoms with Crippen molar-refractivity contribution in [2.75, 3.05) is 13.6 Å². The van der Waals surface area contributed by atoms with Gasteiger partial charge >= 0.3 is 0 Å². The Hall–Kier alpha value is -0.860. The van der Waals surface area contributed by atoms with Gasteiger partial charge in [-0.3, -0.25) is 4.99 Å². The Labute approximate surface area is 155 Å². The zero-order valence-electron chi connectivity index (χ0n) is 14.3. The number of aliphatic imine (C=N–C) groups is 1. The Kier molecular flexibility index (Phi) is 6.67. The predicted octanol–water partition coefficient (Wildman–Crippen LogP) is 2.48. The lowest BCUT2D eigenvalue weighted by atomic mass is 9.83. The molecule has 0 saturated heterocycles. The van der Waals surface area contributed by atoms with Crippen molar-refractivity contribution in [2.45, 2.75) is 65.0 Å². The average Bonchev–Trinajstić information content (AvgIpc) is 3.25. The van der Waals surface area contributed by atoms with Crippen molar-refractivity contribution >= 4 is 29.9 Å². The molecule has 2 aliphatic rings. The maximum Gasteiger partial charge on any atom is 0.191 e. The predicted molar refractivity (Wildman–Crippen MR) is 103 cm³/mol. The minimum absolute atomic E-state index is 0. The van der Waals surface area contributed by atoms with Gasteiger partial charge in [-0.25, -0.2) is 0 Å². The Morgan fingerprint density at radius 1 is 1.22 bits per heavy atom. The van der Waals surface area contributed by atoms with Crippen LogP contribution < -0.4 is 10.6 Å². The van der Waals surface area contributed by atoms with E-state index >= 15 is 0 Å². The standard InChI is InChI=1S/C16H28N6.HI/c1-3-16(8-4-5-9-16)12-19-15(17-2)18-11-14-21-20-13-7-6-10-22(13)14;/h3-12H2,1-2H3,(H2,17,18,19);1H. The van der Waals surface area contributed by atoms with Gasteiger partial charge in [-0.2, -0.15) is 0 Å². The number of nitrogens with zero attached hydrogens (tertiary/aromatic N) is 4. The van der Waals surface area contributed by atoms with E-state index in [9.17, 15) is 0 Å². The largest absolute Gasteiger partial charge is 0.356 e. The molecule has 1 aromatic heterocycles. The zero-order chi connectivity index (χ0) is 15.4. The highest BCUT2D eigenvalue weighted by molar-refractivity contribution is 14.0. The summed E-state index contributed by atoms with van der Waals surface area (Å²) in [4.78, 5) is 4.34. The summed E-state index contributed by atoms with van der Waals surface area (Å²) in [5.74, 6) is 3.01. The highest BCUT2D eigenvalue weighted by atomic mass is 127. The van der Waals surface area contributed by atoms with Crippen LogP contribution in [0, 0.1) is 5.41 Å². The second kappa shape index (κ2) is 8.30. The van der Waals surface area contributed by atoms with Gasteiger partial charge in [0, 0.05) is 26.6 Å². The molecule has 130 valence electrons. The quantitative estimate of drug-likeness (QED) is 0.426. The minimum atomic E-state index is 0. The molecular formula is C16H29IN6. The number of halogens is 1. The zero-order valence-corrected chi connectivity index (χ0v) is 16.6. The fourth-order valence-electron chi connectivity index (χ4n) is 3.78. The van der Waals surface area contributed by atoms with E-state index in [2.05, 4.69) is 37.3 Å². The molecule has 1 aromatic rings. The molecule has 0 spiro atoms. The number of fused-ring (bicyclic) bond motifs is 1. The van der Waals surface area contributed by atoms with Crippen molar-refractivity contribution in [3.8, 4) is 0 Å². The van der Waals surface area contributed by atoms with E-state index in [4.69, 9.17) is 0 Å². The van der Waals surface area contributed by atoms with Crippen molar-refractivity contribution in [2.24, 2.45) is 10.4 Å². The first-order valence-corrected chi connectivity index (χ1v) is 8.62. The van der Waals surface area contributed by atoms with Gasteiger partial charge in [-0.05, 0) is 31.1 Å². The number of aromatic nitrogens is 3. The summed E-state index contributed by atoms with van der Waals surface area (Å²) in [6.45, 7) is 5.06. The summed E-state index contributed by atoms with van der Waals surface area (Å²) in [7, 11) is 1.83. The summed E-state index contributed by atoms with van der Waals surface area (Å²) in [6, 6.07) is 0. The van der Waals surface area contributed by atoms with Crippen molar-refractivity contribution in [3.63, 3.8) is 0 Å². The topological polar surface area (TPSA) is 67.1 Å². The summed E-state index contributed by atoms with van der Waals surface area (Å²) < 4.78 is 2.23. The van der Waals surface area contributed by atoms with Crippen molar-refractivity contribution in [1.82, 2.24) is 25.4 Å². The van der Waals surface area contributed by atoms with Crippen molar-refractivity contribution in [1.29, 1.82) is 0 Å². The van der Waals surface area contributed by atoms with Crippen molar-refractivity contribution in [3.05, 3.63) is 11.6 Å². The van der Waals surface area contributed by atoms with Crippen LogP contribution >= 0.6 is 24.0 Å². The van der Waals surface area contributed by atoms with Gasteiger partial charge in [0.15, 0.2) is 11.8 Å². The maximum absolute atomic E-state index is 4.34. The molecule has 0 bridgehead atoms.